The normalized spacial score (nSPS) is 15.6. The highest BCUT2D eigenvalue weighted by Crippen LogP contribution is 2.19. The van der Waals surface area contributed by atoms with Crippen LogP contribution in [0.15, 0.2) is 11.4 Å². The molecule has 0 aliphatic carbocycles. The van der Waals surface area contributed by atoms with Gasteiger partial charge < -0.3 is 14.7 Å². The SMILES string of the molecule is O=C1COCCN1Cc1sccc1C#CCO. The third-order valence-electron chi connectivity index (χ3n) is 2.47. The fourth-order valence-corrected chi connectivity index (χ4v) is 2.44. The summed E-state index contributed by atoms with van der Waals surface area (Å²) in [6.45, 7) is 1.82. The van der Waals surface area contributed by atoms with E-state index in [1.54, 1.807) is 16.2 Å². The van der Waals surface area contributed by atoms with E-state index in [-0.39, 0.29) is 19.1 Å². The number of amides is 1. The minimum absolute atomic E-state index is 0.0192. The van der Waals surface area contributed by atoms with Crippen LogP contribution in [0.4, 0.5) is 0 Å². The maximum absolute atomic E-state index is 11.6. The topological polar surface area (TPSA) is 49.8 Å². The molecule has 0 atom stereocenters. The largest absolute Gasteiger partial charge is 0.384 e. The van der Waals surface area contributed by atoms with Gasteiger partial charge in [-0.15, -0.1) is 11.3 Å². The number of rotatable bonds is 2. The van der Waals surface area contributed by atoms with Gasteiger partial charge in [-0.25, -0.2) is 0 Å². The van der Waals surface area contributed by atoms with E-state index in [4.69, 9.17) is 9.84 Å². The number of ether oxygens (including phenoxy) is 1. The van der Waals surface area contributed by atoms with Crippen LogP contribution in [-0.4, -0.2) is 42.3 Å². The van der Waals surface area contributed by atoms with Crippen LogP contribution in [-0.2, 0) is 16.1 Å². The highest BCUT2D eigenvalue weighted by molar-refractivity contribution is 7.10. The van der Waals surface area contributed by atoms with Crippen LogP contribution in [0.5, 0.6) is 0 Å². The molecule has 1 aromatic heterocycles. The standard InChI is InChI=1S/C12H13NO3S/c14-5-1-2-10-3-7-17-11(10)8-13-4-6-16-9-12(13)15/h3,7,14H,4-6,8-9H2. The maximum Gasteiger partial charge on any atom is 0.248 e. The van der Waals surface area contributed by atoms with Gasteiger partial charge in [0.15, 0.2) is 0 Å². The number of hydrogen-bond acceptors (Lipinski definition) is 4. The van der Waals surface area contributed by atoms with Crippen molar-refractivity contribution in [3.8, 4) is 11.8 Å². The van der Waals surface area contributed by atoms with Gasteiger partial charge >= 0.3 is 0 Å². The van der Waals surface area contributed by atoms with Crippen molar-refractivity contribution < 1.29 is 14.6 Å². The average Bonchev–Trinajstić information content (AvgIpc) is 2.77. The monoisotopic (exact) mass is 251 g/mol. The lowest BCUT2D eigenvalue weighted by molar-refractivity contribution is -0.143. The Hall–Kier alpha value is -1.35. The van der Waals surface area contributed by atoms with Gasteiger partial charge in [0.25, 0.3) is 0 Å². The molecule has 0 saturated carbocycles. The highest BCUT2D eigenvalue weighted by Gasteiger charge is 2.19. The number of morpholine rings is 1. The van der Waals surface area contributed by atoms with Gasteiger partial charge in [0, 0.05) is 17.0 Å². The quantitative estimate of drug-likeness (QED) is 0.776. The summed E-state index contributed by atoms with van der Waals surface area (Å²) in [4.78, 5) is 14.4. The molecule has 0 bridgehead atoms. The number of aliphatic hydroxyl groups is 1. The van der Waals surface area contributed by atoms with Crippen LogP contribution in [0.25, 0.3) is 0 Å². The van der Waals surface area contributed by atoms with E-state index >= 15 is 0 Å². The molecular formula is C12H13NO3S. The molecule has 1 aromatic rings. The van der Waals surface area contributed by atoms with E-state index in [9.17, 15) is 4.79 Å². The second-order valence-corrected chi connectivity index (χ2v) is 4.59. The summed E-state index contributed by atoms with van der Waals surface area (Å²) in [7, 11) is 0. The molecule has 5 heteroatoms. The van der Waals surface area contributed by atoms with Crippen molar-refractivity contribution in [1.29, 1.82) is 0 Å². The molecule has 90 valence electrons. The smallest absolute Gasteiger partial charge is 0.248 e. The van der Waals surface area contributed by atoms with E-state index in [0.29, 0.717) is 19.7 Å². The zero-order valence-corrected chi connectivity index (χ0v) is 10.1. The summed E-state index contributed by atoms with van der Waals surface area (Å²) in [5, 5.41) is 10.6. The Bertz CT molecular complexity index is 458. The van der Waals surface area contributed by atoms with E-state index in [1.165, 1.54) is 0 Å². The third kappa shape index (κ3) is 3.07. The first-order valence-corrected chi connectivity index (χ1v) is 6.21. The summed E-state index contributed by atoms with van der Waals surface area (Å²) >= 11 is 1.58. The average molecular weight is 251 g/mol. The van der Waals surface area contributed by atoms with Gasteiger partial charge in [-0.1, -0.05) is 11.8 Å². The zero-order valence-electron chi connectivity index (χ0n) is 9.31. The fourth-order valence-electron chi connectivity index (χ4n) is 1.60. The minimum Gasteiger partial charge on any atom is -0.384 e. The molecule has 0 spiro atoms. The molecule has 1 N–H and O–H groups in total. The van der Waals surface area contributed by atoms with Crippen molar-refractivity contribution in [3.05, 3.63) is 21.9 Å². The fraction of sp³-hybridized carbons (Fsp3) is 0.417. The molecule has 0 radical (unpaired) electrons. The van der Waals surface area contributed by atoms with Gasteiger partial charge in [0.05, 0.1) is 13.2 Å². The molecule has 1 fully saturated rings. The number of nitrogens with zero attached hydrogens (tertiary/aromatic N) is 1. The van der Waals surface area contributed by atoms with Crippen LogP contribution in [0.2, 0.25) is 0 Å². The van der Waals surface area contributed by atoms with Crippen molar-refractivity contribution in [2.24, 2.45) is 0 Å². The molecule has 17 heavy (non-hydrogen) atoms. The maximum atomic E-state index is 11.6. The third-order valence-corrected chi connectivity index (χ3v) is 3.37. The number of hydrogen-bond donors (Lipinski definition) is 1. The molecule has 2 heterocycles. The molecule has 0 aromatic carbocycles. The van der Waals surface area contributed by atoms with Crippen molar-refractivity contribution in [3.63, 3.8) is 0 Å². The van der Waals surface area contributed by atoms with Gasteiger partial charge in [-0.05, 0) is 11.4 Å². The lowest BCUT2D eigenvalue weighted by Gasteiger charge is -2.26. The molecule has 2 rings (SSSR count). The van der Waals surface area contributed by atoms with Gasteiger partial charge in [-0.3, -0.25) is 4.79 Å². The number of aliphatic hydroxyl groups excluding tert-OH is 1. The lowest BCUT2D eigenvalue weighted by Crippen LogP contribution is -2.40. The van der Waals surface area contributed by atoms with Crippen molar-refractivity contribution in [2.75, 3.05) is 26.4 Å². The van der Waals surface area contributed by atoms with E-state index in [0.717, 1.165) is 10.4 Å². The number of carbonyl (C=O) groups excluding carboxylic acids is 1. The Morgan fingerprint density at radius 3 is 3.24 bits per heavy atom. The van der Waals surface area contributed by atoms with Crippen molar-refractivity contribution in [2.45, 2.75) is 6.54 Å². The Morgan fingerprint density at radius 1 is 1.59 bits per heavy atom. The first kappa shape index (κ1) is 12.1. The summed E-state index contributed by atoms with van der Waals surface area (Å²) < 4.78 is 5.08. The minimum atomic E-state index is -0.147. The number of thiophene rings is 1. The van der Waals surface area contributed by atoms with Crippen LogP contribution in [0.3, 0.4) is 0 Å². The summed E-state index contributed by atoms with van der Waals surface area (Å²) in [5.41, 5.74) is 0.892. The van der Waals surface area contributed by atoms with Crippen LogP contribution in [0, 0.1) is 11.8 Å². The zero-order chi connectivity index (χ0) is 12.1. The van der Waals surface area contributed by atoms with Gasteiger partial charge in [-0.2, -0.15) is 0 Å². The molecule has 1 saturated heterocycles. The molecule has 1 aliphatic rings. The van der Waals surface area contributed by atoms with Crippen LogP contribution >= 0.6 is 11.3 Å². The first-order chi connectivity index (χ1) is 8.31. The Balaban J connectivity index is 2.07. The Kier molecular flexibility index (Phi) is 4.15. The lowest BCUT2D eigenvalue weighted by atomic mass is 10.2. The van der Waals surface area contributed by atoms with Gasteiger partial charge in [0.1, 0.15) is 13.2 Å². The van der Waals surface area contributed by atoms with Crippen LogP contribution < -0.4 is 0 Å². The second-order valence-electron chi connectivity index (χ2n) is 3.59. The molecular weight excluding hydrogens is 238 g/mol. The summed E-state index contributed by atoms with van der Waals surface area (Å²) in [6.07, 6.45) is 0. The first-order valence-electron chi connectivity index (χ1n) is 5.33. The summed E-state index contributed by atoms with van der Waals surface area (Å²) in [6, 6.07) is 1.91. The molecule has 1 amide bonds. The Labute approximate surface area is 104 Å². The van der Waals surface area contributed by atoms with E-state index < -0.39 is 0 Å². The predicted octanol–water partition coefficient (Wildman–Crippen LogP) is 0.451. The predicted molar refractivity (Wildman–Crippen MR) is 64.5 cm³/mol. The number of carbonyl (C=O) groups is 1. The van der Waals surface area contributed by atoms with E-state index in [1.807, 2.05) is 11.4 Å². The van der Waals surface area contributed by atoms with Crippen molar-refractivity contribution >= 4 is 17.2 Å². The highest BCUT2D eigenvalue weighted by atomic mass is 32.1. The molecule has 0 unspecified atom stereocenters. The summed E-state index contributed by atoms with van der Waals surface area (Å²) in [5.74, 6) is 5.53. The van der Waals surface area contributed by atoms with Gasteiger partial charge in [0.2, 0.25) is 5.91 Å². The second kappa shape index (κ2) is 5.82. The van der Waals surface area contributed by atoms with Crippen LogP contribution in [0.1, 0.15) is 10.4 Å². The molecule has 4 nitrogen and oxygen atoms in total. The molecule has 1 aliphatic heterocycles. The van der Waals surface area contributed by atoms with Crippen molar-refractivity contribution in [1.82, 2.24) is 4.90 Å². The Morgan fingerprint density at radius 2 is 2.47 bits per heavy atom. The van der Waals surface area contributed by atoms with E-state index in [2.05, 4.69) is 11.8 Å².